The molecule has 1 atom stereocenters. The van der Waals surface area contributed by atoms with Gasteiger partial charge in [0, 0.05) is 28.8 Å². The molecule has 0 radical (unpaired) electrons. The Labute approximate surface area is 218 Å². The predicted octanol–water partition coefficient (Wildman–Crippen LogP) is 6.11. The van der Waals surface area contributed by atoms with E-state index in [-0.39, 0.29) is 10.9 Å². The molecule has 1 heterocycles. The van der Waals surface area contributed by atoms with E-state index in [1.807, 2.05) is 13.0 Å². The summed E-state index contributed by atoms with van der Waals surface area (Å²) in [5, 5.41) is 13.2. The number of hydrogen-bond donors (Lipinski definition) is 2. The summed E-state index contributed by atoms with van der Waals surface area (Å²) in [5.74, 6) is 0.175. The van der Waals surface area contributed by atoms with Gasteiger partial charge in [0.05, 0.1) is 24.2 Å². The number of benzene rings is 3. The maximum atomic E-state index is 12.6. The van der Waals surface area contributed by atoms with Gasteiger partial charge >= 0.3 is 5.97 Å². The van der Waals surface area contributed by atoms with Crippen molar-refractivity contribution in [2.24, 2.45) is 0 Å². The molecule has 0 saturated heterocycles. The van der Waals surface area contributed by atoms with Gasteiger partial charge in [-0.15, -0.1) is 0 Å². The first kappa shape index (κ1) is 25.7. The summed E-state index contributed by atoms with van der Waals surface area (Å²) in [6, 6.07) is 15.3. The Balaban J connectivity index is 1.37. The van der Waals surface area contributed by atoms with Crippen LogP contribution >= 0.6 is 23.2 Å². The van der Waals surface area contributed by atoms with Gasteiger partial charge in [-0.1, -0.05) is 29.3 Å². The lowest BCUT2D eigenvalue weighted by Crippen LogP contribution is -2.25. The molecular formula is C27H25Cl2NO6. The molecule has 0 fully saturated rings. The van der Waals surface area contributed by atoms with Crippen LogP contribution in [0.1, 0.15) is 40.7 Å². The van der Waals surface area contributed by atoms with Crippen LogP contribution in [0.2, 0.25) is 10.0 Å². The Kier molecular flexibility index (Phi) is 8.23. The summed E-state index contributed by atoms with van der Waals surface area (Å²) in [6.07, 6.45) is 0.983. The van der Waals surface area contributed by atoms with E-state index in [0.717, 1.165) is 5.56 Å². The van der Waals surface area contributed by atoms with Crippen LogP contribution < -0.4 is 19.5 Å². The second-order valence-electron chi connectivity index (χ2n) is 8.17. The summed E-state index contributed by atoms with van der Waals surface area (Å²) in [5.41, 5.74) is 1.98. The molecule has 188 valence electrons. The zero-order valence-corrected chi connectivity index (χ0v) is 21.1. The van der Waals surface area contributed by atoms with Crippen molar-refractivity contribution in [2.75, 3.05) is 19.8 Å². The maximum absolute atomic E-state index is 12.6. The Hall–Kier alpha value is -3.42. The standard InChI is InChI=1S/C27H25Cl2NO6/c1-2-34-23-13-18(28)6-3-16(23)9-11-30-26(31)17-4-7-19(8-5-17)36-25-15-24-21(14-22(25)29)20(27(32)33)10-12-35-24/h3-8,13-15,20H,2,9-12H2,1H3,(H,30,31)(H,32,33). The van der Waals surface area contributed by atoms with Gasteiger partial charge in [-0.3, -0.25) is 9.59 Å². The molecule has 36 heavy (non-hydrogen) atoms. The van der Waals surface area contributed by atoms with Gasteiger partial charge in [-0.05, 0) is 67.8 Å². The van der Waals surface area contributed by atoms with Gasteiger partial charge in [-0.25, -0.2) is 0 Å². The average molecular weight is 530 g/mol. The highest BCUT2D eigenvalue weighted by Gasteiger charge is 2.29. The topological polar surface area (TPSA) is 94.1 Å². The molecule has 4 rings (SSSR count). The Morgan fingerprint density at radius 2 is 1.86 bits per heavy atom. The fourth-order valence-electron chi connectivity index (χ4n) is 3.96. The normalized spacial score (nSPS) is 14.4. The van der Waals surface area contributed by atoms with Crippen molar-refractivity contribution in [1.82, 2.24) is 5.32 Å². The van der Waals surface area contributed by atoms with Crippen molar-refractivity contribution in [3.8, 4) is 23.0 Å². The minimum Gasteiger partial charge on any atom is -0.494 e. The van der Waals surface area contributed by atoms with Crippen LogP contribution in [0.25, 0.3) is 0 Å². The number of halogens is 2. The molecule has 0 aliphatic carbocycles. The van der Waals surface area contributed by atoms with Gasteiger partial charge in [0.25, 0.3) is 5.91 Å². The SMILES string of the molecule is CCOc1cc(Cl)ccc1CCNC(=O)c1ccc(Oc2cc3c(cc2Cl)C(C(=O)O)CCO3)cc1. The number of carboxylic acids is 1. The molecule has 7 nitrogen and oxygen atoms in total. The number of nitrogens with one attached hydrogen (secondary N) is 1. The van der Waals surface area contributed by atoms with Crippen molar-refractivity contribution in [1.29, 1.82) is 0 Å². The maximum Gasteiger partial charge on any atom is 0.311 e. The monoisotopic (exact) mass is 529 g/mol. The molecule has 0 saturated carbocycles. The second-order valence-corrected chi connectivity index (χ2v) is 9.01. The summed E-state index contributed by atoms with van der Waals surface area (Å²) >= 11 is 12.4. The van der Waals surface area contributed by atoms with E-state index >= 15 is 0 Å². The van der Waals surface area contributed by atoms with Crippen LogP contribution in [0.3, 0.4) is 0 Å². The number of ether oxygens (including phenoxy) is 3. The van der Waals surface area contributed by atoms with Crippen LogP contribution in [0.15, 0.2) is 54.6 Å². The summed E-state index contributed by atoms with van der Waals surface area (Å²) < 4.78 is 17.1. The number of carboxylic acid groups (broad SMARTS) is 1. The van der Waals surface area contributed by atoms with Crippen molar-refractivity contribution in [2.45, 2.75) is 25.7 Å². The third-order valence-corrected chi connectivity index (χ3v) is 6.29. The fraction of sp³-hybridized carbons (Fsp3) is 0.259. The van der Waals surface area contributed by atoms with E-state index in [9.17, 15) is 14.7 Å². The lowest BCUT2D eigenvalue weighted by Gasteiger charge is -2.24. The Morgan fingerprint density at radius 1 is 1.08 bits per heavy atom. The second kappa shape index (κ2) is 11.5. The molecular weight excluding hydrogens is 505 g/mol. The third-order valence-electron chi connectivity index (χ3n) is 5.76. The molecule has 1 amide bonds. The first-order valence-corrected chi connectivity index (χ1v) is 12.3. The van der Waals surface area contributed by atoms with Crippen molar-refractivity contribution < 1.29 is 28.9 Å². The van der Waals surface area contributed by atoms with Crippen LogP contribution in [-0.4, -0.2) is 36.7 Å². The molecule has 0 bridgehead atoms. The number of hydrogen-bond acceptors (Lipinski definition) is 5. The molecule has 1 aliphatic rings. The van der Waals surface area contributed by atoms with Crippen molar-refractivity contribution in [3.63, 3.8) is 0 Å². The van der Waals surface area contributed by atoms with Crippen LogP contribution in [0, 0.1) is 0 Å². The molecule has 0 aromatic heterocycles. The molecule has 9 heteroatoms. The van der Waals surface area contributed by atoms with Crippen molar-refractivity contribution in [3.05, 3.63) is 81.3 Å². The molecule has 2 N–H and O–H groups in total. The van der Waals surface area contributed by atoms with Gasteiger partial charge < -0.3 is 24.6 Å². The van der Waals surface area contributed by atoms with E-state index < -0.39 is 11.9 Å². The van der Waals surface area contributed by atoms with Crippen LogP contribution in [0.5, 0.6) is 23.0 Å². The molecule has 3 aromatic carbocycles. The summed E-state index contributed by atoms with van der Waals surface area (Å²) in [6.45, 7) is 3.17. The predicted molar refractivity (Wildman–Crippen MR) is 137 cm³/mol. The van der Waals surface area contributed by atoms with E-state index in [1.165, 1.54) is 0 Å². The van der Waals surface area contributed by atoms with E-state index in [0.29, 0.717) is 71.7 Å². The van der Waals surface area contributed by atoms with Crippen molar-refractivity contribution >= 4 is 35.1 Å². The first-order chi connectivity index (χ1) is 17.4. The lowest BCUT2D eigenvalue weighted by atomic mass is 9.93. The number of aliphatic carboxylic acids is 1. The number of fused-ring (bicyclic) bond motifs is 1. The Morgan fingerprint density at radius 3 is 2.58 bits per heavy atom. The highest BCUT2D eigenvalue weighted by atomic mass is 35.5. The van der Waals surface area contributed by atoms with Gasteiger partial charge in [0.2, 0.25) is 0 Å². The number of carbonyl (C=O) groups excluding carboxylic acids is 1. The lowest BCUT2D eigenvalue weighted by molar-refractivity contribution is -0.139. The number of amides is 1. The van der Waals surface area contributed by atoms with Crippen LogP contribution in [0.4, 0.5) is 0 Å². The van der Waals surface area contributed by atoms with Gasteiger partial charge in [0.1, 0.15) is 23.0 Å². The number of carbonyl (C=O) groups is 2. The zero-order valence-electron chi connectivity index (χ0n) is 19.6. The Bertz CT molecular complexity index is 1260. The zero-order chi connectivity index (χ0) is 25.7. The molecule has 0 spiro atoms. The third kappa shape index (κ3) is 6.04. The summed E-state index contributed by atoms with van der Waals surface area (Å²) in [7, 11) is 0. The average Bonchev–Trinajstić information content (AvgIpc) is 2.86. The highest BCUT2D eigenvalue weighted by Crippen LogP contribution is 2.41. The fourth-order valence-corrected chi connectivity index (χ4v) is 4.34. The quantitative estimate of drug-likeness (QED) is 0.347. The smallest absolute Gasteiger partial charge is 0.311 e. The number of rotatable bonds is 9. The van der Waals surface area contributed by atoms with Gasteiger partial charge in [0.15, 0.2) is 0 Å². The minimum absolute atomic E-state index is 0.214. The summed E-state index contributed by atoms with van der Waals surface area (Å²) in [4.78, 5) is 24.1. The minimum atomic E-state index is -0.916. The van der Waals surface area contributed by atoms with Crippen LogP contribution in [-0.2, 0) is 11.2 Å². The van der Waals surface area contributed by atoms with E-state index in [4.69, 9.17) is 37.4 Å². The van der Waals surface area contributed by atoms with E-state index in [2.05, 4.69) is 5.32 Å². The molecule has 1 unspecified atom stereocenters. The molecule has 1 aliphatic heterocycles. The van der Waals surface area contributed by atoms with E-state index in [1.54, 1.807) is 48.5 Å². The largest absolute Gasteiger partial charge is 0.494 e. The molecule has 3 aromatic rings. The first-order valence-electron chi connectivity index (χ1n) is 11.5. The van der Waals surface area contributed by atoms with Gasteiger partial charge in [-0.2, -0.15) is 0 Å². The highest BCUT2D eigenvalue weighted by molar-refractivity contribution is 6.32.